The second kappa shape index (κ2) is 9.33. The molecule has 0 bridgehead atoms. The maximum absolute atomic E-state index is 13.7. The van der Waals surface area contributed by atoms with Crippen LogP contribution < -0.4 is 4.31 Å². The lowest BCUT2D eigenvalue weighted by molar-refractivity contribution is -0.156. The van der Waals surface area contributed by atoms with Gasteiger partial charge in [-0.15, -0.1) is 0 Å². The highest BCUT2D eigenvalue weighted by molar-refractivity contribution is 7.92. The first-order chi connectivity index (χ1) is 17.4. The highest BCUT2D eigenvalue weighted by Crippen LogP contribution is 2.32. The summed E-state index contributed by atoms with van der Waals surface area (Å²) in [4.78, 5) is 20.2. The highest BCUT2D eigenvalue weighted by atomic mass is 32.2. The van der Waals surface area contributed by atoms with Crippen molar-refractivity contribution in [3.63, 3.8) is 0 Å². The van der Waals surface area contributed by atoms with Crippen LogP contribution in [-0.2, 0) is 19.6 Å². The zero-order valence-electron chi connectivity index (χ0n) is 23.3. The quantitative estimate of drug-likeness (QED) is 0.648. The smallest absolute Gasteiger partial charge is 0.309 e. The minimum Gasteiger partial charge on any atom is -0.458 e. The van der Waals surface area contributed by atoms with E-state index in [4.69, 9.17) is 13.0 Å². The van der Waals surface area contributed by atoms with E-state index in [-0.39, 0.29) is 29.7 Å². The van der Waals surface area contributed by atoms with Crippen molar-refractivity contribution < 1.29 is 35.7 Å². The maximum Gasteiger partial charge on any atom is 0.309 e. The predicted octanol–water partition coefficient (Wildman–Crippen LogP) is 2.88. The fourth-order valence-corrected chi connectivity index (χ4v) is 3.48. The van der Waals surface area contributed by atoms with Crippen LogP contribution in [0, 0.1) is 5.82 Å². The minimum absolute atomic E-state index is 0.0290. The minimum atomic E-state index is -3.97. The van der Waals surface area contributed by atoms with E-state index in [9.17, 15) is 22.7 Å². The molecule has 0 amide bonds. The number of nitrogens with zero attached hydrogens (tertiary/aromatic N) is 3. The molecule has 0 unspecified atom stereocenters. The van der Waals surface area contributed by atoms with Gasteiger partial charge < -0.3 is 9.84 Å². The van der Waals surface area contributed by atoms with Crippen LogP contribution in [-0.4, -0.2) is 55.0 Å². The SMILES string of the molecule is [2H]C([2H])([2H])C(c1nc(N(C)S(C)(=O)=O)nc(-c2ccc(F)cc2)c1/C=C/[C@@H]1C[C@@H](O)CC(=O)O1)C([2H])([2H])[2H]. The monoisotopic (exact) mass is 469 g/mol. The summed E-state index contributed by atoms with van der Waals surface area (Å²) < 4.78 is 91.9. The standard InChI is InChI=1S/C22H26FN3O5S/c1-13(2)20-18(10-9-17-11-16(27)12-19(28)31-17)21(14-5-7-15(23)8-6-14)25-22(24-20)26(3)32(4,29)30/h5-10,13,16-17,27H,11-12H2,1-4H3/b10-9+/t16-,17-/m1/s1/i1D3,2D3. The zero-order chi connectivity index (χ0) is 28.6. The third kappa shape index (κ3) is 5.49. The largest absolute Gasteiger partial charge is 0.458 e. The van der Waals surface area contributed by atoms with Crippen molar-refractivity contribution >= 4 is 28.0 Å². The maximum atomic E-state index is 13.7. The van der Waals surface area contributed by atoms with Crippen LogP contribution in [0.1, 0.15) is 51.9 Å². The molecule has 1 N–H and O–H groups in total. The second-order valence-electron chi connectivity index (χ2n) is 7.32. The van der Waals surface area contributed by atoms with Gasteiger partial charge in [-0.2, -0.15) is 0 Å². The summed E-state index contributed by atoms with van der Waals surface area (Å²) in [5.74, 6) is -3.94. The van der Waals surface area contributed by atoms with Crippen LogP contribution in [0.2, 0.25) is 0 Å². The number of sulfonamides is 1. The molecule has 10 heteroatoms. The summed E-state index contributed by atoms with van der Waals surface area (Å²) in [5.41, 5.74) is -0.509. The number of carbonyl (C=O) groups excluding carboxylic acids is 1. The molecule has 1 saturated heterocycles. The molecule has 0 aliphatic carbocycles. The lowest BCUT2D eigenvalue weighted by Gasteiger charge is -2.24. The lowest BCUT2D eigenvalue weighted by Crippen LogP contribution is -2.31. The number of hydrogen-bond donors (Lipinski definition) is 1. The van der Waals surface area contributed by atoms with Gasteiger partial charge in [0.2, 0.25) is 16.0 Å². The van der Waals surface area contributed by atoms with Gasteiger partial charge in [0.05, 0.1) is 30.2 Å². The Hall–Kier alpha value is -2.85. The molecule has 172 valence electrons. The Morgan fingerprint density at radius 2 is 2.00 bits per heavy atom. The Bertz CT molecular complexity index is 1320. The van der Waals surface area contributed by atoms with Gasteiger partial charge in [-0.3, -0.25) is 4.79 Å². The molecule has 32 heavy (non-hydrogen) atoms. The van der Waals surface area contributed by atoms with Crippen molar-refractivity contribution in [1.29, 1.82) is 0 Å². The van der Waals surface area contributed by atoms with Crippen molar-refractivity contribution in [2.24, 2.45) is 0 Å². The molecule has 1 aromatic carbocycles. The Morgan fingerprint density at radius 1 is 1.31 bits per heavy atom. The molecule has 1 aromatic heterocycles. The first kappa shape index (κ1) is 16.7. The first-order valence-corrected chi connectivity index (χ1v) is 11.4. The van der Waals surface area contributed by atoms with Crippen LogP contribution >= 0.6 is 0 Å². The van der Waals surface area contributed by atoms with Crippen LogP contribution in [0.5, 0.6) is 0 Å². The third-order valence-electron chi connectivity index (χ3n) is 4.80. The summed E-state index contributed by atoms with van der Waals surface area (Å²) in [6.45, 7) is -6.23. The van der Waals surface area contributed by atoms with Crippen LogP contribution in [0.4, 0.5) is 10.3 Å². The van der Waals surface area contributed by atoms with Gasteiger partial charge in [0.25, 0.3) is 0 Å². The van der Waals surface area contributed by atoms with E-state index >= 15 is 0 Å². The average Bonchev–Trinajstić information content (AvgIpc) is 2.74. The molecule has 0 spiro atoms. The number of aliphatic hydroxyl groups excluding tert-OH is 1. The van der Waals surface area contributed by atoms with E-state index in [0.717, 1.165) is 25.4 Å². The Balaban J connectivity index is 2.38. The molecule has 3 rings (SSSR count). The number of aliphatic hydroxyl groups is 1. The number of cyclic esters (lactones) is 1. The molecule has 2 atom stereocenters. The molecular weight excluding hydrogens is 437 g/mol. The predicted molar refractivity (Wildman–Crippen MR) is 119 cm³/mol. The summed E-state index contributed by atoms with van der Waals surface area (Å²) in [5, 5.41) is 9.93. The van der Waals surface area contributed by atoms with Gasteiger partial charge in [0.1, 0.15) is 11.9 Å². The van der Waals surface area contributed by atoms with E-state index in [2.05, 4.69) is 9.97 Å². The molecule has 0 saturated carbocycles. The number of rotatable bonds is 6. The lowest BCUT2D eigenvalue weighted by atomic mass is 9.97. The fourth-order valence-electron chi connectivity index (χ4n) is 3.11. The van der Waals surface area contributed by atoms with Crippen molar-refractivity contribution in [1.82, 2.24) is 9.97 Å². The van der Waals surface area contributed by atoms with Gasteiger partial charge in [0, 0.05) is 32.8 Å². The summed E-state index contributed by atoms with van der Waals surface area (Å²) in [6.07, 6.45) is 1.35. The number of aromatic nitrogens is 2. The van der Waals surface area contributed by atoms with Gasteiger partial charge >= 0.3 is 5.97 Å². The van der Waals surface area contributed by atoms with E-state index < -0.39 is 65.3 Å². The summed E-state index contributed by atoms with van der Waals surface area (Å²) >= 11 is 0. The van der Waals surface area contributed by atoms with E-state index in [1.807, 2.05) is 0 Å². The van der Waals surface area contributed by atoms with Gasteiger partial charge in [-0.05, 0) is 36.3 Å². The number of halogens is 1. The third-order valence-corrected chi connectivity index (χ3v) is 5.96. The van der Waals surface area contributed by atoms with Crippen molar-refractivity contribution in [3.05, 3.63) is 47.4 Å². The Morgan fingerprint density at radius 3 is 2.59 bits per heavy atom. The molecule has 1 aliphatic heterocycles. The molecule has 2 heterocycles. The van der Waals surface area contributed by atoms with E-state index in [1.54, 1.807) is 0 Å². The number of carbonyl (C=O) groups is 1. The molecule has 1 aliphatic rings. The first-order valence-electron chi connectivity index (χ1n) is 12.6. The molecule has 0 radical (unpaired) electrons. The van der Waals surface area contributed by atoms with Crippen molar-refractivity contribution in [2.45, 2.75) is 44.7 Å². The van der Waals surface area contributed by atoms with Crippen LogP contribution in [0.15, 0.2) is 30.3 Å². The molecular formula is C22H26FN3O5S. The van der Waals surface area contributed by atoms with E-state index in [0.29, 0.717) is 4.31 Å². The van der Waals surface area contributed by atoms with E-state index in [1.165, 1.54) is 24.3 Å². The highest BCUT2D eigenvalue weighted by Gasteiger charge is 2.26. The molecule has 8 nitrogen and oxygen atoms in total. The average molecular weight is 470 g/mol. The Kier molecular flexibility index (Phi) is 4.88. The fraction of sp³-hybridized carbons (Fsp3) is 0.409. The number of ether oxygens (including phenoxy) is 1. The van der Waals surface area contributed by atoms with Crippen molar-refractivity contribution in [2.75, 3.05) is 17.6 Å². The number of benzene rings is 1. The van der Waals surface area contributed by atoms with Crippen molar-refractivity contribution in [3.8, 4) is 11.3 Å². The van der Waals surface area contributed by atoms with Crippen LogP contribution in [0.25, 0.3) is 17.3 Å². The number of anilines is 1. The molecule has 1 fully saturated rings. The summed E-state index contributed by atoms with van der Waals surface area (Å²) in [6, 6.07) is 4.78. The normalized spacial score (nSPS) is 23.0. The van der Waals surface area contributed by atoms with Gasteiger partial charge in [-0.25, -0.2) is 27.1 Å². The van der Waals surface area contributed by atoms with Gasteiger partial charge in [0.15, 0.2) is 0 Å². The number of esters is 1. The number of hydrogen-bond acceptors (Lipinski definition) is 7. The summed E-state index contributed by atoms with van der Waals surface area (Å²) in [7, 11) is -2.85. The van der Waals surface area contributed by atoms with Crippen LogP contribution in [0.3, 0.4) is 0 Å². The topological polar surface area (TPSA) is 110 Å². The molecule has 2 aromatic rings. The second-order valence-corrected chi connectivity index (χ2v) is 9.34. The van der Waals surface area contributed by atoms with Gasteiger partial charge in [-0.1, -0.05) is 19.8 Å². The zero-order valence-corrected chi connectivity index (χ0v) is 18.1. The Labute approximate surface area is 195 Å².